The van der Waals surface area contributed by atoms with Gasteiger partial charge in [0.05, 0.1) is 3.57 Å². The fourth-order valence-electron chi connectivity index (χ4n) is 3.41. The molecule has 35 heavy (non-hydrogen) atoms. The summed E-state index contributed by atoms with van der Waals surface area (Å²) in [5.41, 5.74) is 3.51. The van der Waals surface area contributed by atoms with Crippen molar-refractivity contribution in [3.63, 3.8) is 0 Å². The Labute approximate surface area is 230 Å². The zero-order valence-electron chi connectivity index (χ0n) is 18.7. The maximum atomic E-state index is 12.8. The number of carbonyl (C=O) groups excluding carboxylic acids is 3. The van der Waals surface area contributed by atoms with Crippen molar-refractivity contribution < 1.29 is 19.1 Å². The van der Waals surface area contributed by atoms with E-state index < -0.39 is 17.8 Å². The molecule has 0 aromatic heterocycles. The van der Waals surface area contributed by atoms with E-state index in [4.69, 9.17) is 4.74 Å². The first-order valence-corrected chi connectivity index (χ1v) is 12.8. The van der Waals surface area contributed by atoms with Crippen LogP contribution >= 0.6 is 45.2 Å². The molecule has 4 amide bonds. The molecule has 178 valence electrons. The molecule has 0 spiro atoms. The van der Waals surface area contributed by atoms with Crippen LogP contribution in [0.15, 0.2) is 72.4 Å². The minimum atomic E-state index is -0.632. The molecule has 2 N–H and O–H groups in total. The number of amides is 4. The van der Waals surface area contributed by atoms with Gasteiger partial charge < -0.3 is 15.4 Å². The van der Waals surface area contributed by atoms with Crippen LogP contribution in [0.25, 0.3) is 6.08 Å². The first-order chi connectivity index (χ1) is 16.8. The smallest absolute Gasteiger partial charge is 0.329 e. The molecule has 3 aromatic carbocycles. The van der Waals surface area contributed by atoms with Gasteiger partial charge in [0.1, 0.15) is 24.6 Å². The lowest BCUT2D eigenvalue weighted by Crippen LogP contribution is -2.38. The number of urea groups is 1. The predicted molar refractivity (Wildman–Crippen MR) is 151 cm³/mol. The highest BCUT2D eigenvalue weighted by atomic mass is 127. The van der Waals surface area contributed by atoms with Crippen LogP contribution in [-0.4, -0.2) is 29.3 Å². The Bertz CT molecular complexity index is 1320. The number of benzene rings is 3. The van der Waals surface area contributed by atoms with Crippen molar-refractivity contribution >= 4 is 74.8 Å². The average Bonchev–Trinajstić information content (AvgIpc) is 3.07. The minimum Gasteiger partial charge on any atom is -0.488 e. The largest absolute Gasteiger partial charge is 0.488 e. The lowest BCUT2D eigenvalue weighted by molar-refractivity contribution is -0.127. The molecule has 0 radical (unpaired) electrons. The molecule has 0 saturated carbocycles. The summed E-state index contributed by atoms with van der Waals surface area (Å²) in [6.45, 7) is 1.98. The van der Waals surface area contributed by atoms with E-state index in [9.17, 15) is 14.4 Å². The quantitative estimate of drug-likeness (QED) is 0.200. The molecule has 0 aliphatic carbocycles. The molecule has 1 aliphatic rings. The first-order valence-electron chi connectivity index (χ1n) is 10.7. The van der Waals surface area contributed by atoms with Crippen molar-refractivity contribution in [3.05, 3.63) is 96.3 Å². The molecule has 0 unspecified atom stereocenters. The molecule has 4 rings (SSSR count). The van der Waals surface area contributed by atoms with Gasteiger partial charge in [0.15, 0.2) is 0 Å². The number of aryl methyl sites for hydroxylation is 1. The Morgan fingerprint density at radius 1 is 1.06 bits per heavy atom. The van der Waals surface area contributed by atoms with E-state index in [1.165, 1.54) is 0 Å². The zero-order chi connectivity index (χ0) is 24.9. The van der Waals surface area contributed by atoms with E-state index in [1.54, 1.807) is 12.1 Å². The van der Waals surface area contributed by atoms with Crippen LogP contribution in [0.2, 0.25) is 0 Å². The third-order valence-corrected chi connectivity index (χ3v) is 6.70. The highest BCUT2D eigenvalue weighted by Crippen LogP contribution is 2.25. The number of nitrogens with zero attached hydrogens (tertiary/aromatic N) is 1. The summed E-state index contributed by atoms with van der Waals surface area (Å²) in [5.74, 6) is -0.282. The monoisotopic (exact) mass is 693 g/mol. The van der Waals surface area contributed by atoms with Gasteiger partial charge >= 0.3 is 6.03 Å². The van der Waals surface area contributed by atoms with Gasteiger partial charge in [-0.25, -0.2) is 9.69 Å². The lowest BCUT2D eigenvalue weighted by atomic mass is 10.2. The van der Waals surface area contributed by atoms with Crippen LogP contribution in [0.1, 0.15) is 16.7 Å². The first kappa shape index (κ1) is 25.2. The van der Waals surface area contributed by atoms with Crippen molar-refractivity contribution in [2.45, 2.75) is 13.5 Å². The van der Waals surface area contributed by atoms with Gasteiger partial charge in [0.2, 0.25) is 5.91 Å². The Hall–Kier alpha value is -2.93. The number of anilines is 1. The maximum Gasteiger partial charge on any atom is 0.329 e. The second kappa shape index (κ2) is 11.2. The Balaban J connectivity index is 1.39. The van der Waals surface area contributed by atoms with Crippen molar-refractivity contribution in [2.24, 2.45) is 0 Å². The van der Waals surface area contributed by atoms with Gasteiger partial charge in [0.25, 0.3) is 5.91 Å². The predicted octanol–water partition coefficient (Wildman–Crippen LogP) is 5.31. The molecule has 3 aromatic rings. The SMILES string of the molecule is Cc1cccc(NC(=O)CN2C(=O)N/C(=C/c3ccc(OCc4ccc(I)cc4)c(I)c3)C2=O)c1. The number of imide groups is 1. The van der Waals surface area contributed by atoms with E-state index in [-0.39, 0.29) is 12.2 Å². The number of rotatable bonds is 7. The van der Waals surface area contributed by atoms with E-state index >= 15 is 0 Å². The van der Waals surface area contributed by atoms with Gasteiger partial charge in [-0.1, -0.05) is 30.3 Å². The average molecular weight is 693 g/mol. The van der Waals surface area contributed by atoms with Crippen molar-refractivity contribution in [3.8, 4) is 5.75 Å². The van der Waals surface area contributed by atoms with Gasteiger partial charge in [-0.2, -0.15) is 0 Å². The minimum absolute atomic E-state index is 0.113. The Morgan fingerprint density at radius 2 is 1.83 bits per heavy atom. The van der Waals surface area contributed by atoms with Crippen LogP contribution in [0, 0.1) is 14.1 Å². The number of hydrogen-bond acceptors (Lipinski definition) is 4. The van der Waals surface area contributed by atoms with E-state index in [0.29, 0.717) is 12.3 Å². The number of ether oxygens (including phenoxy) is 1. The fourth-order valence-corrected chi connectivity index (χ4v) is 4.47. The third-order valence-electron chi connectivity index (χ3n) is 5.14. The summed E-state index contributed by atoms with van der Waals surface area (Å²) in [6.07, 6.45) is 1.59. The van der Waals surface area contributed by atoms with Gasteiger partial charge in [0, 0.05) is 9.26 Å². The van der Waals surface area contributed by atoms with Crippen LogP contribution in [0.5, 0.6) is 5.75 Å². The summed E-state index contributed by atoms with van der Waals surface area (Å²) in [6, 6.07) is 20.3. The van der Waals surface area contributed by atoms with Gasteiger partial charge in [-0.05, 0) is 111 Å². The molecule has 1 heterocycles. The Morgan fingerprint density at radius 3 is 2.54 bits per heavy atom. The summed E-state index contributed by atoms with van der Waals surface area (Å²) in [5, 5.41) is 5.26. The molecule has 1 fully saturated rings. The van der Waals surface area contributed by atoms with E-state index in [2.05, 4.69) is 55.8 Å². The van der Waals surface area contributed by atoms with Crippen LogP contribution in [0.3, 0.4) is 0 Å². The molecular weight excluding hydrogens is 672 g/mol. The summed E-state index contributed by atoms with van der Waals surface area (Å²) >= 11 is 4.43. The van der Waals surface area contributed by atoms with Crippen molar-refractivity contribution in [1.82, 2.24) is 10.2 Å². The second-order valence-electron chi connectivity index (χ2n) is 7.90. The van der Waals surface area contributed by atoms with Gasteiger partial charge in [-0.15, -0.1) is 0 Å². The summed E-state index contributed by atoms with van der Waals surface area (Å²) < 4.78 is 7.96. The van der Waals surface area contributed by atoms with E-state index in [0.717, 1.165) is 34.5 Å². The lowest BCUT2D eigenvalue weighted by Gasteiger charge is -2.12. The topological polar surface area (TPSA) is 87.7 Å². The molecule has 9 heteroatoms. The number of carbonyl (C=O) groups is 3. The molecule has 0 bridgehead atoms. The van der Waals surface area contributed by atoms with Crippen LogP contribution in [-0.2, 0) is 16.2 Å². The maximum absolute atomic E-state index is 12.8. The zero-order valence-corrected chi connectivity index (χ0v) is 23.0. The molecule has 7 nitrogen and oxygen atoms in total. The fraction of sp³-hybridized carbons (Fsp3) is 0.115. The molecule has 1 saturated heterocycles. The highest BCUT2D eigenvalue weighted by molar-refractivity contribution is 14.1. The molecular formula is C26H21I2N3O4. The van der Waals surface area contributed by atoms with Crippen LogP contribution in [0.4, 0.5) is 10.5 Å². The highest BCUT2D eigenvalue weighted by Gasteiger charge is 2.34. The standard InChI is InChI=1S/C26H21I2N3O4/c1-16-3-2-4-20(11-16)29-24(32)14-31-25(33)22(30-26(31)34)13-18-7-10-23(21(28)12-18)35-15-17-5-8-19(27)9-6-17/h2-13H,14-15H2,1H3,(H,29,32)(H,30,34)/b22-13+. The van der Waals surface area contributed by atoms with Crippen molar-refractivity contribution in [2.75, 3.05) is 11.9 Å². The number of halogens is 2. The molecule has 0 atom stereocenters. The third kappa shape index (κ3) is 6.60. The Kier molecular flexibility index (Phi) is 8.06. The number of nitrogens with one attached hydrogen (secondary N) is 2. The van der Waals surface area contributed by atoms with Crippen molar-refractivity contribution in [1.29, 1.82) is 0 Å². The van der Waals surface area contributed by atoms with E-state index in [1.807, 2.05) is 67.6 Å². The van der Waals surface area contributed by atoms with Crippen LogP contribution < -0.4 is 15.4 Å². The molecule has 1 aliphatic heterocycles. The summed E-state index contributed by atoms with van der Waals surface area (Å²) in [7, 11) is 0. The second-order valence-corrected chi connectivity index (χ2v) is 10.3. The van der Waals surface area contributed by atoms with Gasteiger partial charge in [-0.3, -0.25) is 9.59 Å². The number of hydrogen-bond donors (Lipinski definition) is 2. The summed E-state index contributed by atoms with van der Waals surface area (Å²) in [4.78, 5) is 38.4. The normalized spacial score (nSPS) is 14.3.